The first-order valence-electron chi connectivity index (χ1n) is 9.75. The Kier molecular flexibility index (Phi) is 6.48. The summed E-state index contributed by atoms with van der Waals surface area (Å²) in [4.78, 5) is 47.5. The molecule has 170 valence electrons. The number of thiazole rings is 1. The van der Waals surface area contributed by atoms with Gasteiger partial charge in [-0.25, -0.2) is 9.78 Å². The van der Waals surface area contributed by atoms with E-state index in [4.69, 9.17) is 15.3 Å². The molecule has 32 heavy (non-hydrogen) atoms. The summed E-state index contributed by atoms with van der Waals surface area (Å²) < 4.78 is 5.54. The van der Waals surface area contributed by atoms with Gasteiger partial charge in [-0.1, -0.05) is 17.3 Å². The van der Waals surface area contributed by atoms with E-state index in [2.05, 4.69) is 15.5 Å². The smallest absolute Gasteiger partial charge is 0.352 e. The molecule has 11 nitrogen and oxygen atoms in total. The molecule has 1 unspecified atom stereocenters. The van der Waals surface area contributed by atoms with Gasteiger partial charge in [-0.3, -0.25) is 14.5 Å². The molecule has 0 radical (unpaired) electrons. The van der Waals surface area contributed by atoms with Gasteiger partial charge in [0.1, 0.15) is 29.9 Å². The Labute approximate surface area is 191 Å². The number of allylic oxidation sites excluding steroid dienone is 1. The molecule has 4 N–H and O–H groups in total. The first-order chi connectivity index (χ1) is 15.4. The van der Waals surface area contributed by atoms with Crippen LogP contribution in [0.25, 0.3) is 0 Å². The lowest BCUT2D eigenvalue weighted by molar-refractivity contribution is -0.150. The summed E-state index contributed by atoms with van der Waals surface area (Å²) in [7, 11) is 1.28. The number of carbonyl (C=O) groups excluding carboxylic acids is 2. The fraction of sp³-hybridized carbons (Fsp3) is 0.421. The number of amides is 2. The van der Waals surface area contributed by atoms with E-state index in [0.717, 1.165) is 24.2 Å². The lowest BCUT2D eigenvalue weighted by Crippen LogP contribution is -2.71. The Hall–Kier alpha value is -2.90. The maximum absolute atomic E-state index is 12.8. The van der Waals surface area contributed by atoms with Crippen molar-refractivity contribution in [3.05, 3.63) is 34.5 Å². The normalized spacial score (nSPS) is 25.7. The highest BCUT2D eigenvalue weighted by Gasteiger charge is 2.54. The second-order valence-electron chi connectivity index (χ2n) is 7.14. The standard InChI is InChI=1S/C19H21N5O6S2/c1-29-23-12(11-8-32-19(20)21-11)15(25)22-13-16(26)24-14(18(27)28)9(7-31-17(13)24)4-5-10-3-2-6-30-10/h4-5,8,10,13,17H,2-3,6-7H2,1H3,(H2,20,21)(H,22,25)(H,27,28)/b5-4-,23-12-/t10?,13-,17+/m1/s1. The van der Waals surface area contributed by atoms with Crippen molar-refractivity contribution in [3.8, 4) is 0 Å². The van der Waals surface area contributed by atoms with Gasteiger partial charge < -0.3 is 25.7 Å². The van der Waals surface area contributed by atoms with Crippen LogP contribution in [0.4, 0.5) is 5.13 Å². The Morgan fingerprint density at radius 1 is 1.50 bits per heavy atom. The summed E-state index contributed by atoms with van der Waals surface area (Å²) in [5.41, 5.74) is 6.18. The van der Waals surface area contributed by atoms with Gasteiger partial charge in [0.2, 0.25) is 0 Å². The average Bonchev–Trinajstić information content (AvgIpc) is 3.45. The molecule has 4 rings (SSSR count). The van der Waals surface area contributed by atoms with Crippen LogP contribution >= 0.6 is 23.1 Å². The van der Waals surface area contributed by atoms with E-state index in [-0.39, 0.29) is 28.3 Å². The Morgan fingerprint density at radius 2 is 2.31 bits per heavy atom. The number of hydrogen-bond acceptors (Lipinski definition) is 10. The SMILES string of the molecule is CO/N=C(\C(=O)N[C@@H]1C(=O)N2C(C(=O)O)=C(/C=C\C3CCCO3)CS[C@@H]12)c1csc(N)n1. The van der Waals surface area contributed by atoms with E-state index in [1.54, 1.807) is 11.5 Å². The van der Waals surface area contributed by atoms with Crippen molar-refractivity contribution < 1.29 is 29.1 Å². The fourth-order valence-corrected chi connectivity index (χ4v) is 5.52. The number of anilines is 1. The van der Waals surface area contributed by atoms with Crippen LogP contribution in [0.3, 0.4) is 0 Å². The number of ether oxygens (including phenoxy) is 1. The van der Waals surface area contributed by atoms with Gasteiger partial charge in [0.15, 0.2) is 10.8 Å². The minimum Gasteiger partial charge on any atom is -0.477 e. The third kappa shape index (κ3) is 4.23. The molecule has 2 fully saturated rings. The molecule has 0 saturated carbocycles. The van der Waals surface area contributed by atoms with Crippen LogP contribution in [-0.4, -0.2) is 75.5 Å². The third-order valence-corrected chi connectivity index (χ3v) is 7.10. The van der Waals surface area contributed by atoms with Crippen molar-refractivity contribution >= 4 is 51.7 Å². The maximum Gasteiger partial charge on any atom is 0.352 e. The third-order valence-electron chi connectivity index (χ3n) is 5.13. The summed E-state index contributed by atoms with van der Waals surface area (Å²) >= 11 is 2.51. The minimum atomic E-state index is -1.19. The number of fused-ring (bicyclic) bond motifs is 1. The average molecular weight is 480 g/mol. The Bertz CT molecular complexity index is 1030. The van der Waals surface area contributed by atoms with Gasteiger partial charge in [-0.2, -0.15) is 0 Å². The number of nitrogen functional groups attached to an aromatic ring is 1. The molecule has 3 aliphatic heterocycles. The zero-order valence-electron chi connectivity index (χ0n) is 17.0. The molecule has 0 aromatic carbocycles. The predicted octanol–water partition coefficient (Wildman–Crippen LogP) is 0.550. The van der Waals surface area contributed by atoms with Gasteiger partial charge in [-0.15, -0.1) is 23.1 Å². The van der Waals surface area contributed by atoms with Crippen LogP contribution in [0.2, 0.25) is 0 Å². The van der Waals surface area contributed by atoms with Crippen LogP contribution in [-0.2, 0) is 24.0 Å². The molecule has 3 aliphatic rings. The molecule has 3 atom stereocenters. The van der Waals surface area contributed by atoms with Crippen LogP contribution in [0.5, 0.6) is 0 Å². The number of carbonyl (C=O) groups is 3. The topological polar surface area (TPSA) is 156 Å². The summed E-state index contributed by atoms with van der Waals surface area (Å²) in [6.07, 6.45) is 5.36. The van der Waals surface area contributed by atoms with E-state index >= 15 is 0 Å². The quantitative estimate of drug-likeness (QED) is 0.289. The number of aromatic nitrogens is 1. The Morgan fingerprint density at radius 3 is 2.94 bits per heavy atom. The highest BCUT2D eigenvalue weighted by molar-refractivity contribution is 8.00. The molecule has 1 aromatic rings. The van der Waals surface area contributed by atoms with Crippen molar-refractivity contribution in [2.24, 2.45) is 5.16 Å². The fourth-order valence-electron chi connectivity index (χ4n) is 3.65. The van der Waals surface area contributed by atoms with Crippen LogP contribution < -0.4 is 11.1 Å². The molecular formula is C19H21N5O6S2. The largest absolute Gasteiger partial charge is 0.477 e. The van der Waals surface area contributed by atoms with Gasteiger partial charge >= 0.3 is 5.97 Å². The zero-order valence-corrected chi connectivity index (χ0v) is 18.6. The van der Waals surface area contributed by atoms with Crippen LogP contribution in [0.1, 0.15) is 18.5 Å². The summed E-state index contributed by atoms with van der Waals surface area (Å²) in [5.74, 6) is -1.99. The monoisotopic (exact) mass is 479 g/mol. The van der Waals surface area contributed by atoms with E-state index in [0.29, 0.717) is 17.9 Å². The molecule has 4 heterocycles. The zero-order chi connectivity index (χ0) is 22.8. The maximum atomic E-state index is 12.8. The van der Waals surface area contributed by atoms with Gasteiger partial charge in [0.25, 0.3) is 11.8 Å². The number of hydrogen-bond donors (Lipinski definition) is 3. The number of aliphatic carboxylic acids is 1. The number of nitrogens with one attached hydrogen (secondary N) is 1. The first-order valence-corrected chi connectivity index (χ1v) is 11.7. The highest BCUT2D eigenvalue weighted by Crippen LogP contribution is 2.40. The van der Waals surface area contributed by atoms with E-state index < -0.39 is 29.2 Å². The van der Waals surface area contributed by atoms with Crippen molar-refractivity contribution in [2.45, 2.75) is 30.4 Å². The number of rotatable bonds is 7. The lowest BCUT2D eigenvalue weighted by Gasteiger charge is -2.49. The van der Waals surface area contributed by atoms with Gasteiger partial charge in [0, 0.05) is 17.7 Å². The number of nitrogens with zero attached hydrogens (tertiary/aromatic N) is 3. The molecule has 1 aromatic heterocycles. The minimum absolute atomic E-state index is 0.0439. The van der Waals surface area contributed by atoms with Crippen molar-refractivity contribution in [2.75, 3.05) is 25.2 Å². The predicted molar refractivity (Wildman–Crippen MR) is 118 cm³/mol. The number of β-lactam (4-membered cyclic amide) rings is 1. The molecule has 2 amide bonds. The molecule has 0 aliphatic carbocycles. The second kappa shape index (κ2) is 9.30. The first kappa shape index (κ1) is 22.3. The summed E-state index contributed by atoms with van der Waals surface area (Å²) in [6.45, 7) is 0.685. The number of carboxylic acids is 1. The number of oxime groups is 1. The van der Waals surface area contributed by atoms with Crippen molar-refractivity contribution in [3.63, 3.8) is 0 Å². The van der Waals surface area contributed by atoms with E-state index in [1.807, 2.05) is 6.08 Å². The van der Waals surface area contributed by atoms with Crippen molar-refractivity contribution in [1.29, 1.82) is 0 Å². The number of thioether (sulfide) groups is 1. The lowest BCUT2D eigenvalue weighted by atomic mass is 10.0. The van der Waals surface area contributed by atoms with Crippen LogP contribution in [0.15, 0.2) is 34.0 Å². The van der Waals surface area contributed by atoms with Crippen LogP contribution in [0, 0.1) is 0 Å². The number of carboxylic acid groups (broad SMARTS) is 1. The van der Waals surface area contributed by atoms with Crippen molar-refractivity contribution in [1.82, 2.24) is 15.2 Å². The second-order valence-corrected chi connectivity index (χ2v) is 9.14. The molecular weight excluding hydrogens is 458 g/mol. The Balaban J connectivity index is 1.50. The molecule has 2 saturated heterocycles. The molecule has 13 heteroatoms. The molecule has 0 bridgehead atoms. The number of nitrogens with two attached hydrogens (primary N) is 1. The highest BCUT2D eigenvalue weighted by atomic mass is 32.2. The van der Waals surface area contributed by atoms with E-state index in [1.165, 1.54) is 23.8 Å². The molecule has 0 spiro atoms. The summed E-state index contributed by atoms with van der Waals surface area (Å²) in [6, 6.07) is -0.899. The van der Waals surface area contributed by atoms with Gasteiger partial charge in [-0.05, 0) is 18.4 Å². The summed E-state index contributed by atoms with van der Waals surface area (Å²) in [5, 5.41) is 17.3. The van der Waals surface area contributed by atoms with E-state index in [9.17, 15) is 19.5 Å². The van der Waals surface area contributed by atoms with Gasteiger partial charge in [0.05, 0.1) is 6.10 Å².